The van der Waals surface area contributed by atoms with Crippen LogP contribution in [-0.2, 0) is 8.85 Å². The van der Waals surface area contributed by atoms with Crippen LogP contribution in [0.1, 0.15) is 65.2 Å². The number of hydrogen-bond acceptors (Lipinski definition) is 3. The lowest BCUT2D eigenvalue weighted by Gasteiger charge is -2.45. The average molecular weight is 288 g/mol. The number of nitrogens with zero attached hydrogens (tertiary/aromatic N) is 1. The van der Waals surface area contributed by atoms with Crippen molar-refractivity contribution in [3.8, 4) is 0 Å². The van der Waals surface area contributed by atoms with E-state index in [-0.39, 0.29) is 0 Å². The Balaban J connectivity index is 2.66. The Labute approximate surface area is 121 Å². The van der Waals surface area contributed by atoms with Gasteiger partial charge in [0.1, 0.15) is 0 Å². The van der Waals surface area contributed by atoms with Crippen LogP contribution in [0, 0.1) is 0 Å². The molecule has 1 atom stereocenters. The molecule has 0 bridgehead atoms. The van der Waals surface area contributed by atoms with E-state index in [1.54, 1.807) is 0 Å². The van der Waals surface area contributed by atoms with Gasteiger partial charge in [0.2, 0.25) is 0 Å². The highest BCUT2D eigenvalue weighted by Gasteiger charge is 2.46. The molecule has 1 heterocycles. The van der Waals surface area contributed by atoms with Crippen LogP contribution >= 0.6 is 0 Å². The molecular weight excluding hydrogens is 254 g/mol. The van der Waals surface area contributed by atoms with E-state index in [9.17, 15) is 0 Å². The zero-order valence-electron chi connectivity index (χ0n) is 13.4. The Bertz CT molecular complexity index is 234. The number of unbranched alkanes of at least 4 members (excludes halogenated alkanes) is 3. The lowest BCUT2D eigenvalue weighted by Crippen LogP contribution is -2.62. The number of piperidine rings is 1. The molecule has 1 saturated heterocycles. The maximum atomic E-state index is 5.98. The fraction of sp³-hybridized carbons (Fsp3) is 1.00. The Hall–Kier alpha value is 0.0969. The third-order valence-corrected chi connectivity index (χ3v) is 8.25. The third-order valence-electron chi connectivity index (χ3n) is 4.52. The quantitative estimate of drug-likeness (QED) is 0.471. The zero-order valence-corrected chi connectivity index (χ0v) is 14.4. The molecule has 0 aliphatic carbocycles. The minimum atomic E-state index is -2.14. The van der Waals surface area contributed by atoms with Gasteiger partial charge in [-0.25, -0.2) is 0 Å². The molecular formula is C15H33NO2Si. The van der Waals surface area contributed by atoms with Crippen LogP contribution in [-0.4, -0.2) is 40.1 Å². The van der Waals surface area contributed by atoms with Gasteiger partial charge < -0.3 is 8.85 Å². The van der Waals surface area contributed by atoms with Crippen molar-refractivity contribution in [1.82, 2.24) is 4.57 Å². The summed E-state index contributed by atoms with van der Waals surface area (Å²) in [4.78, 5) is 0. The minimum absolute atomic E-state index is 0.673. The summed E-state index contributed by atoms with van der Waals surface area (Å²) in [6, 6.07) is 1.79. The molecule has 1 aliphatic heterocycles. The molecule has 1 unspecified atom stereocenters. The minimum Gasteiger partial charge on any atom is -0.386 e. The van der Waals surface area contributed by atoms with Gasteiger partial charge in [-0.2, -0.15) is 0 Å². The monoisotopic (exact) mass is 287 g/mol. The SMILES string of the molecule is CCCCCC[Si](OC)(OC)N1CCCCC1CC. The van der Waals surface area contributed by atoms with Gasteiger partial charge >= 0.3 is 8.72 Å². The summed E-state index contributed by atoms with van der Waals surface area (Å²) in [7, 11) is 1.57. The van der Waals surface area contributed by atoms with Crippen LogP contribution in [0.5, 0.6) is 0 Å². The molecule has 1 rings (SSSR count). The van der Waals surface area contributed by atoms with Gasteiger partial charge in [0.25, 0.3) is 0 Å². The van der Waals surface area contributed by atoms with E-state index >= 15 is 0 Å². The van der Waals surface area contributed by atoms with Crippen molar-refractivity contribution in [2.24, 2.45) is 0 Å². The first kappa shape index (κ1) is 17.1. The second-order valence-electron chi connectivity index (χ2n) is 5.68. The normalized spacial score (nSPS) is 21.8. The lowest BCUT2D eigenvalue weighted by atomic mass is 10.0. The molecule has 0 amide bonds. The van der Waals surface area contributed by atoms with Crippen molar-refractivity contribution in [2.75, 3.05) is 20.8 Å². The maximum absolute atomic E-state index is 5.98. The summed E-state index contributed by atoms with van der Waals surface area (Å²) in [6.07, 6.45) is 10.4. The molecule has 4 heteroatoms. The van der Waals surface area contributed by atoms with E-state index in [1.807, 2.05) is 14.2 Å². The van der Waals surface area contributed by atoms with Crippen LogP contribution in [0.2, 0.25) is 6.04 Å². The second kappa shape index (κ2) is 9.11. The van der Waals surface area contributed by atoms with E-state index in [0.29, 0.717) is 6.04 Å². The van der Waals surface area contributed by atoms with Crippen molar-refractivity contribution < 1.29 is 8.85 Å². The van der Waals surface area contributed by atoms with Crippen molar-refractivity contribution in [1.29, 1.82) is 0 Å². The van der Waals surface area contributed by atoms with Crippen molar-refractivity contribution in [3.05, 3.63) is 0 Å². The first-order valence-corrected chi connectivity index (χ1v) is 10.1. The standard InChI is InChI=1S/C15H33NO2Si/c1-5-7-8-11-14-19(17-3,18-4)16-13-10-9-12-15(16)6-2/h15H,5-14H2,1-4H3. The second-order valence-corrected chi connectivity index (χ2v) is 9.00. The van der Waals surface area contributed by atoms with Gasteiger partial charge in [-0.05, 0) is 32.2 Å². The van der Waals surface area contributed by atoms with E-state index in [1.165, 1.54) is 57.9 Å². The van der Waals surface area contributed by atoms with Gasteiger partial charge in [0.15, 0.2) is 0 Å². The van der Waals surface area contributed by atoms with E-state index in [4.69, 9.17) is 8.85 Å². The van der Waals surface area contributed by atoms with Gasteiger partial charge in [-0.15, -0.1) is 0 Å². The summed E-state index contributed by atoms with van der Waals surface area (Å²) in [5.41, 5.74) is 0. The van der Waals surface area contributed by atoms with Gasteiger partial charge in [0.05, 0.1) is 0 Å². The maximum Gasteiger partial charge on any atom is 0.427 e. The molecule has 0 aromatic rings. The van der Waals surface area contributed by atoms with Crippen molar-refractivity contribution in [2.45, 2.75) is 77.3 Å². The Kier molecular flexibility index (Phi) is 8.22. The molecule has 0 aromatic heterocycles. The topological polar surface area (TPSA) is 21.7 Å². The summed E-state index contributed by atoms with van der Waals surface area (Å²) in [5, 5.41) is 0. The molecule has 3 nitrogen and oxygen atoms in total. The van der Waals surface area contributed by atoms with E-state index < -0.39 is 8.72 Å². The van der Waals surface area contributed by atoms with Crippen LogP contribution in [0.25, 0.3) is 0 Å². The van der Waals surface area contributed by atoms with Crippen molar-refractivity contribution >= 4 is 8.72 Å². The Morgan fingerprint density at radius 1 is 1.05 bits per heavy atom. The third kappa shape index (κ3) is 4.55. The lowest BCUT2D eigenvalue weighted by molar-refractivity contribution is 0.111. The van der Waals surface area contributed by atoms with E-state index in [0.717, 1.165) is 6.04 Å². The van der Waals surface area contributed by atoms with Crippen LogP contribution in [0.3, 0.4) is 0 Å². The first-order valence-electron chi connectivity index (χ1n) is 8.11. The molecule has 1 fully saturated rings. The molecule has 19 heavy (non-hydrogen) atoms. The molecule has 114 valence electrons. The predicted octanol–water partition coefficient (Wildman–Crippen LogP) is 4.06. The molecule has 1 aliphatic rings. The number of rotatable bonds is 9. The highest BCUT2D eigenvalue weighted by atomic mass is 28.4. The fourth-order valence-corrected chi connectivity index (χ4v) is 6.71. The van der Waals surface area contributed by atoms with Gasteiger partial charge in [-0.1, -0.05) is 39.5 Å². The van der Waals surface area contributed by atoms with Crippen molar-refractivity contribution in [3.63, 3.8) is 0 Å². The summed E-state index contributed by atoms with van der Waals surface area (Å²) in [6.45, 7) is 5.72. The first-order chi connectivity index (χ1) is 9.24. The molecule has 0 N–H and O–H groups in total. The zero-order chi connectivity index (χ0) is 14.1. The van der Waals surface area contributed by atoms with Gasteiger partial charge in [-0.3, -0.25) is 4.57 Å². The Morgan fingerprint density at radius 3 is 2.37 bits per heavy atom. The van der Waals surface area contributed by atoms with Gasteiger partial charge in [0, 0.05) is 26.3 Å². The molecule has 0 radical (unpaired) electrons. The highest BCUT2D eigenvalue weighted by Crippen LogP contribution is 2.30. The van der Waals surface area contributed by atoms with Crippen LogP contribution in [0.4, 0.5) is 0 Å². The predicted molar refractivity (Wildman–Crippen MR) is 83.4 cm³/mol. The smallest absolute Gasteiger partial charge is 0.386 e. The highest BCUT2D eigenvalue weighted by molar-refractivity contribution is 6.64. The molecule has 0 spiro atoms. The van der Waals surface area contributed by atoms with E-state index in [2.05, 4.69) is 18.4 Å². The van der Waals surface area contributed by atoms with Crippen LogP contribution in [0.15, 0.2) is 0 Å². The largest absolute Gasteiger partial charge is 0.427 e. The number of hydrogen-bond donors (Lipinski definition) is 0. The average Bonchev–Trinajstić information content (AvgIpc) is 2.48. The Morgan fingerprint density at radius 2 is 1.79 bits per heavy atom. The molecule has 0 saturated carbocycles. The summed E-state index contributed by atoms with van der Waals surface area (Å²) < 4.78 is 14.6. The van der Waals surface area contributed by atoms with Crippen LogP contribution < -0.4 is 0 Å². The summed E-state index contributed by atoms with van der Waals surface area (Å²) >= 11 is 0. The summed E-state index contributed by atoms with van der Waals surface area (Å²) in [5.74, 6) is 0. The molecule has 0 aromatic carbocycles. The fourth-order valence-electron chi connectivity index (χ4n) is 3.31.